The van der Waals surface area contributed by atoms with Gasteiger partial charge in [0.25, 0.3) is 6.47 Å². The maximum atomic E-state index is 13.1. The van der Waals surface area contributed by atoms with E-state index in [1.165, 1.54) is 31.4 Å². The SMILES string of the molecule is COc1cc2c(-c3cc(C(=O)C(C)(C)C)ccc3OC=O)c3cc(CO)c(=O)c(Cl)c-3oc2c(Cl)c1O. The minimum absolute atomic E-state index is 0.00933. The highest BCUT2D eigenvalue weighted by Gasteiger charge is 2.30. The monoisotopic (exact) mass is 544 g/mol. The van der Waals surface area contributed by atoms with Crippen LogP contribution in [0.4, 0.5) is 0 Å². The first-order chi connectivity index (χ1) is 17.4. The molecule has 0 saturated carbocycles. The van der Waals surface area contributed by atoms with Gasteiger partial charge in [-0.3, -0.25) is 14.4 Å². The van der Waals surface area contributed by atoms with Crippen molar-refractivity contribution in [1.82, 2.24) is 0 Å². The summed E-state index contributed by atoms with van der Waals surface area (Å²) < 4.78 is 16.4. The molecule has 0 saturated heterocycles. The molecule has 0 aromatic heterocycles. The number of phenols is 1. The van der Waals surface area contributed by atoms with Gasteiger partial charge in [-0.15, -0.1) is 0 Å². The first-order valence-corrected chi connectivity index (χ1v) is 11.8. The van der Waals surface area contributed by atoms with Crippen LogP contribution >= 0.6 is 23.2 Å². The van der Waals surface area contributed by atoms with Crippen LogP contribution in [0.3, 0.4) is 0 Å². The maximum absolute atomic E-state index is 13.1. The van der Waals surface area contributed by atoms with E-state index in [2.05, 4.69) is 0 Å². The molecule has 0 bridgehead atoms. The van der Waals surface area contributed by atoms with Crippen molar-refractivity contribution in [1.29, 1.82) is 0 Å². The number of carbonyl (C=O) groups excluding carboxylic acids is 2. The van der Waals surface area contributed by atoms with Crippen LogP contribution in [-0.2, 0) is 11.4 Å². The molecule has 4 rings (SSSR count). The van der Waals surface area contributed by atoms with Gasteiger partial charge < -0.3 is 24.1 Å². The van der Waals surface area contributed by atoms with Crippen molar-refractivity contribution in [2.24, 2.45) is 5.41 Å². The summed E-state index contributed by atoms with van der Waals surface area (Å²) in [7, 11) is 1.34. The summed E-state index contributed by atoms with van der Waals surface area (Å²) in [6.07, 6.45) is 0. The lowest BCUT2D eigenvalue weighted by Crippen LogP contribution is -2.20. The molecule has 2 aromatic rings. The van der Waals surface area contributed by atoms with Gasteiger partial charge in [0.15, 0.2) is 28.6 Å². The molecule has 1 aliphatic carbocycles. The van der Waals surface area contributed by atoms with Gasteiger partial charge in [-0.25, -0.2) is 0 Å². The van der Waals surface area contributed by atoms with Crippen molar-refractivity contribution in [2.75, 3.05) is 7.11 Å². The van der Waals surface area contributed by atoms with E-state index in [4.69, 9.17) is 37.1 Å². The van der Waals surface area contributed by atoms with Crippen LogP contribution in [0.5, 0.6) is 17.2 Å². The van der Waals surface area contributed by atoms with Crippen molar-refractivity contribution in [3.63, 3.8) is 0 Å². The zero-order valence-corrected chi connectivity index (χ0v) is 21.8. The Hall–Kier alpha value is -3.59. The fourth-order valence-electron chi connectivity index (χ4n) is 4.10. The first-order valence-electron chi connectivity index (χ1n) is 11.0. The number of phenolic OH excluding ortho intramolecular Hbond substituents is 1. The van der Waals surface area contributed by atoms with E-state index < -0.39 is 23.2 Å². The Morgan fingerprint density at radius 3 is 2.38 bits per heavy atom. The van der Waals surface area contributed by atoms with Crippen LogP contribution in [-0.4, -0.2) is 29.6 Å². The van der Waals surface area contributed by atoms with E-state index in [1.54, 1.807) is 26.8 Å². The van der Waals surface area contributed by atoms with Gasteiger partial charge >= 0.3 is 0 Å². The summed E-state index contributed by atoms with van der Waals surface area (Å²) in [5, 5.41) is 20.1. The predicted molar refractivity (Wildman–Crippen MR) is 139 cm³/mol. The average Bonchev–Trinajstić information content (AvgIpc) is 2.87. The molecule has 2 N–H and O–H groups in total. The number of fused-ring (bicyclic) bond motifs is 2. The number of ether oxygens (including phenoxy) is 2. The van der Waals surface area contributed by atoms with Gasteiger partial charge in [0, 0.05) is 38.6 Å². The number of carbonyl (C=O) groups is 2. The average molecular weight is 545 g/mol. The van der Waals surface area contributed by atoms with Crippen molar-refractivity contribution in [3.8, 4) is 39.7 Å². The van der Waals surface area contributed by atoms with Crippen LogP contribution in [0.1, 0.15) is 36.7 Å². The zero-order valence-electron chi connectivity index (χ0n) is 20.3. The Morgan fingerprint density at radius 1 is 1.08 bits per heavy atom. The molecule has 0 fully saturated rings. The van der Waals surface area contributed by atoms with Gasteiger partial charge in [-0.1, -0.05) is 44.0 Å². The maximum Gasteiger partial charge on any atom is 0.298 e. The quantitative estimate of drug-likeness (QED) is 0.176. The number of aliphatic hydroxyl groups excluding tert-OH is 1. The Balaban J connectivity index is 2.28. The molecule has 2 aliphatic rings. The molecule has 10 heteroatoms. The highest BCUT2D eigenvalue weighted by atomic mass is 35.5. The van der Waals surface area contributed by atoms with E-state index in [-0.39, 0.29) is 61.8 Å². The second-order valence-electron chi connectivity index (χ2n) is 9.31. The minimum Gasteiger partial charge on any atom is -0.503 e. The summed E-state index contributed by atoms with van der Waals surface area (Å²) in [6, 6.07) is 7.41. The van der Waals surface area contributed by atoms with Crippen LogP contribution in [0.15, 0.2) is 39.5 Å². The Morgan fingerprint density at radius 2 is 1.78 bits per heavy atom. The minimum atomic E-state index is -0.719. The van der Waals surface area contributed by atoms with Crippen molar-refractivity contribution >= 4 is 46.4 Å². The number of hydrogen-bond donors (Lipinski definition) is 2. The molecule has 0 amide bonds. The molecule has 0 unspecified atom stereocenters. The van der Waals surface area contributed by atoms with Crippen LogP contribution < -0.4 is 14.9 Å². The molecule has 37 heavy (non-hydrogen) atoms. The number of aromatic hydroxyl groups is 1. The third-order valence-electron chi connectivity index (χ3n) is 5.91. The number of halogens is 2. The molecular formula is C27H22Cl2O8. The van der Waals surface area contributed by atoms with Gasteiger partial charge in [-0.05, 0) is 30.3 Å². The van der Waals surface area contributed by atoms with E-state index >= 15 is 0 Å². The molecule has 192 valence electrons. The second kappa shape index (κ2) is 9.70. The lowest BCUT2D eigenvalue weighted by Gasteiger charge is -2.21. The van der Waals surface area contributed by atoms with Crippen LogP contribution in [0, 0.1) is 5.41 Å². The third kappa shape index (κ3) is 4.41. The molecule has 8 nitrogen and oxygen atoms in total. The normalized spacial score (nSPS) is 11.6. The summed E-state index contributed by atoms with van der Waals surface area (Å²) in [6.45, 7) is 4.95. The van der Waals surface area contributed by atoms with Crippen LogP contribution in [0.25, 0.3) is 33.4 Å². The fourth-order valence-corrected chi connectivity index (χ4v) is 4.60. The Kier molecular flexibility index (Phi) is 6.94. The van der Waals surface area contributed by atoms with E-state index in [9.17, 15) is 24.6 Å². The van der Waals surface area contributed by atoms with Gasteiger partial charge in [0.05, 0.1) is 13.7 Å². The fraction of sp³-hybridized carbons (Fsp3) is 0.222. The number of hydrogen-bond acceptors (Lipinski definition) is 8. The lowest BCUT2D eigenvalue weighted by atomic mass is 9.84. The van der Waals surface area contributed by atoms with E-state index in [1.807, 2.05) is 0 Å². The highest BCUT2D eigenvalue weighted by molar-refractivity contribution is 6.38. The number of Topliss-reactive ketones (excluding diaryl/α,β-unsaturated/α-hetero) is 1. The molecular weight excluding hydrogens is 523 g/mol. The standard InChI is InChI=1S/C27H22Cl2O8/c1-27(2,3)26(34)12-5-6-17(36-11-31)14(7-12)19-15-8-13(10-30)22(32)20(28)24(15)37-25-16(19)9-18(35-4)23(33)21(25)29/h5-9,11,30,33H,10H2,1-4H3. The van der Waals surface area contributed by atoms with Crippen molar-refractivity contribution < 1.29 is 33.7 Å². The van der Waals surface area contributed by atoms with Gasteiger partial charge in [-0.2, -0.15) is 0 Å². The molecule has 2 aromatic carbocycles. The summed E-state index contributed by atoms with van der Waals surface area (Å²) in [5.74, 6) is -0.559. The topological polar surface area (TPSA) is 123 Å². The number of benzene rings is 3. The Bertz CT molecular complexity index is 1600. The van der Waals surface area contributed by atoms with Gasteiger partial charge in [0.2, 0.25) is 5.43 Å². The third-order valence-corrected chi connectivity index (χ3v) is 6.61. The smallest absolute Gasteiger partial charge is 0.298 e. The molecule has 1 heterocycles. The predicted octanol–water partition coefficient (Wildman–Crippen LogP) is 5.84. The van der Waals surface area contributed by atoms with E-state index in [0.717, 1.165) is 0 Å². The number of aliphatic hydroxyl groups is 1. The van der Waals surface area contributed by atoms with E-state index in [0.29, 0.717) is 16.5 Å². The summed E-state index contributed by atoms with van der Waals surface area (Å²) >= 11 is 12.8. The largest absolute Gasteiger partial charge is 0.503 e. The zero-order chi connectivity index (χ0) is 27.2. The first kappa shape index (κ1) is 26.5. The molecule has 0 radical (unpaired) electrons. The second-order valence-corrected chi connectivity index (χ2v) is 10.1. The lowest BCUT2D eigenvalue weighted by molar-refractivity contribution is -0.120. The number of methoxy groups -OCH3 is 1. The van der Waals surface area contributed by atoms with Crippen molar-refractivity contribution in [2.45, 2.75) is 27.4 Å². The van der Waals surface area contributed by atoms with Crippen LogP contribution in [0.2, 0.25) is 10.0 Å². The summed E-state index contributed by atoms with van der Waals surface area (Å²) in [4.78, 5) is 37.2. The number of ketones is 1. The highest BCUT2D eigenvalue weighted by Crippen LogP contribution is 2.50. The van der Waals surface area contributed by atoms with Crippen molar-refractivity contribution in [3.05, 3.63) is 61.7 Å². The summed E-state index contributed by atoms with van der Waals surface area (Å²) in [5.41, 5.74) is -0.238. The molecule has 0 atom stereocenters. The molecule has 1 aliphatic heterocycles. The molecule has 0 spiro atoms. The van der Waals surface area contributed by atoms with Gasteiger partial charge in [0.1, 0.15) is 15.8 Å². The number of rotatable bonds is 6. The Labute approximate surface area is 221 Å².